The SMILES string of the molecule is C/C=C/C(O[Si](C)(C)C(C)(C)C)C(C)(C)[C@@H]1CC=CB(O)O1. The van der Waals surface area contributed by atoms with Crippen LogP contribution in [0.2, 0.25) is 18.1 Å². The molecule has 126 valence electrons. The van der Waals surface area contributed by atoms with Crippen LogP contribution in [0, 0.1) is 5.41 Å². The topological polar surface area (TPSA) is 38.7 Å². The van der Waals surface area contributed by atoms with Gasteiger partial charge in [0.1, 0.15) is 0 Å². The van der Waals surface area contributed by atoms with E-state index in [1.165, 1.54) is 0 Å². The lowest BCUT2D eigenvalue weighted by Crippen LogP contribution is -2.52. The minimum atomic E-state index is -1.88. The average molecular weight is 324 g/mol. The molecular weight excluding hydrogens is 291 g/mol. The van der Waals surface area contributed by atoms with Crippen LogP contribution in [0.4, 0.5) is 0 Å². The van der Waals surface area contributed by atoms with Crippen LogP contribution in [0.3, 0.4) is 0 Å². The summed E-state index contributed by atoms with van der Waals surface area (Å²) >= 11 is 0. The molecule has 1 aliphatic rings. The molecule has 0 aromatic rings. The van der Waals surface area contributed by atoms with Crippen molar-refractivity contribution in [1.82, 2.24) is 0 Å². The lowest BCUT2D eigenvalue weighted by atomic mass is 9.74. The normalized spacial score (nSPS) is 22.4. The molecule has 0 aliphatic carbocycles. The summed E-state index contributed by atoms with van der Waals surface area (Å²) in [5.41, 5.74) is -0.215. The van der Waals surface area contributed by atoms with Crippen LogP contribution in [-0.2, 0) is 9.08 Å². The van der Waals surface area contributed by atoms with Crippen molar-refractivity contribution in [2.75, 3.05) is 0 Å². The third kappa shape index (κ3) is 4.57. The van der Waals surface area contributed by atoms with Crippen molar-refractivity contribution in [2.45, 2.75) is 78.3 Å². The van der Waals surface area contributed by atoms with Crippen molar-refractivity contribution in [1.29, 1.82) is 0 Å². The van der Waals surface area contributed by atoms with Crippen LogP contribution in [0.1, 0.15) is 48.0 Å². The Morgan fingerprint density at radius 3 is 2.36 bits per heavy atom. The molecule has 5 heteroatoms. The maximum atomic E-state index is 9.76. The molecule has 0 radical (unpaired) electrons. The van der Waals surface area contributed by atoms with E-state index in [1.54, 1.807) is 5.98 Å². The van der Waals surface area contributed by atoms with Gasteiger partial charge in [0.15, 0.2) is 8.32 Å². The van der Waals surface area contributed by atoms with E-state index >= 15 is 0 Å². The van der Waals surface area contributed by atoms with Gasteiger partial charge in [0, 0.05) is 5.41 Å². The lowest BCUT2D eigenvalue weighted by molar-refractivity contribution is -0.0141. The van der Waals surface area contributed by atoms with Gasteiger partial charge in [-0.3, -0.25) is 0 Å². The molecule has 0 amide bonds. The van der Waals surface area contributed by atoms with Gasteiger partial charge in [0.2, 0.25) is 0 Å². The Labute approximate surface area is 138 Å². The summed E-state index contributed by atoms with van der Waals surface area (Å²) in [5, 5.41) is 9.92. The summed E-state index contributed by atoms with van der Waals surface area (Å²) in [4.78, 5) is 0. The summed E-state index contributed by atoms with van der Waals surface area (Å²) in [5.74, 6) is 1.70. The maximum Gasteiger partial charge on any atom is 0.483 e. The van der Waals surface area contributed by atoms with Gasteiger partial charge < -0.3 is 14.1 Å². The average Bonchev–Trinajstić information content (AvgIpc) is 2.36. The standard InChI is InChI=1S/C17H33BO3Si/c1-9-11-15(21-22(7,8)16(2,3)4)17(5,6)14-12-10-13-18(19)20-14/h9-11,13-15,19H,12H2,1-8H3/b11-9+/t14-,15?/m0/s1. The molecule has 0 aromatic heterocycles. The highest BCUT2D eigenvalue weighted by molar-refractivity contribution is 6.74. The predicted octanol–water partition coefficient (Wildman–Crippen LogP) is 4.34. The molecule has 0 spiro atoms. The van der Waals surface area contributed by atoms with E-state index in [-0.39, 0.29) is 22.7 Å². The van der Waals surface area contributed by atoms with Crippen LogP contribution >= 0.6 is 0 Å². The highest BCUT2D eigenvalue weighted by Crippen LogP contribution is 2.42. The van der Waals surface area contributed by atoms with Gasteiger partial charge in [0.05, 0.1) is 12.2 Å². The fourth-order valence-electron chi connectivity index (χ4n) is 2.36. The van der Waals surface area contributed by atoms with E-state index < -0.39 is 15.4 Å². The van der Waals surface area contributed by atoms with Gasteiger partial charge in [-0.2, -0.15) is 0 Å². The van der Waals surface area contributed by atoms with Crippen molar-refractivity contribution < 1.29 is 14.1 Å². The first kappa shape index (κ1) is 19.7. The van der Waals surface area contributed by atoms with E-state index in [9.17, 15) is 5.02 Å². The van der Waals surface area contributed by atoms with E-state index in [0.29, 0.717) is 0 Å². The van der Waals surface area contributed by atoms with Crippen molar-refractivity contribution in [3.63, 3.8) is 0 Å². The third-order valence-electron chi connectivity index (χ3n) is 5.11. The Morgan fingerprint density at radius 1 is 1.32 bits per heavy atom. The summed E-state index contributed by atoms with van der Waals surface area (Å²) in [6, 6.07) is 0. The van der Waals surface area contributed by atoms with Gasteiger partial charge in [0.25, 0.3) is 0 Å². The van der Waals surface area contributed by atoms with Crippen LogP contribution in [0.5, 0.6) is 0 Å². The Bertz CT molecular complexity index is 424. The van der Waals surface area contributed by atoms with Crippen molar-refractivity contribution >= 4 is 15.4 Å². The van der Waals surface area contributed by atoms with Gasteiger partial charge in [-0.05, 0) is 31.5 Å². The summed E-state index contributed by atoms with van der Waals surface area (Å²) in [7, 11) is -2.69. The molecule has 1 rings (SSSR count). The molecule has 3 nitrogen and oxygen atoms in total. The van der Waals surface area contributed by atoms with Crippen LogP contribution in [0.25, 0.3) is 0 Å². The van der Waals surface area contributed by atoms with E-state index in [1.807, 2.05) is 13.0 Å². The molecule has 0 saturated heterocycles. The second-order valence-electron chi connectivity index (χ2n) is 8.33. The van der Waals surface area contributed by atoms with Crippen molar-refractivity contribution in [3.05, 3.63) is 24.2 Å². The number of allylic oxidation sites excluding steroid dienone is 1. The molecule has 2 atom stereocenters. The Morgan fingerprint density at radius 2 is 1.91 bits per heavy atom. The minimum Gasteiger partial charge on any atom is -0.423 e. The quantitative estimate of drug-likeness (QED) is 0.604. The lowest BCUT2D eigenvalue weighted by Gasteiger charge is -2.46. The summed E-state index contributed by atoms with van der Waals surface area (Å²) in [6.45, 7) is 17.7. The Balaban J connectivity index is 3.01. The minimum absolute atomic E-state index is 0.0258. The third-order valence-corrected chi connectivity index (χ3v) is 9.57. The fourth-order valence-corrected chi connectivity index (χ4v) is 3.73. The van der Waals surface area contributed by atoms with Gasteiger partial charge >= 0.3 is 7.12 Å². The number of rotatable bonds is 5. The highest BCUT2D eigenvalue weighted by Gasteiger charge is 2.45. The molecule has 1 N–H and O–H groups in total. The molecule has 0 saturated carbocycles. The van der Waals surface area contributed by atoms with Crippen LogP contribution in [0.15, 0.2) is 24.2 Å². The van der Waals surface area contributed by atoms with Gasteiger partial charge in [-0.1, -0.05) is 58.8 Å². The second kappa shape index (κ2) is 7.04. The van der Waals surface area contributed by atoms with E-state index in [2.05, 4.69) is 59.9 Å². The largest absolute Gasteiger partial charge is 0.483 e. The Kier molecular flexibility index (Phi) is 6.30. The summed E-state index contributed by atoms with van der Waals surface area (Å²) in [6.07, 6.45) is 6.91. The van der Waals surface area contributed by atoms with E-state index in [4.69, 9.17) is 9.08 Å². The van der Waals surface area contributed by atoms with Crippen LogP contribution in [-0.4, -0.2) is 32.7 Å². The fraction of sp³-hybridized carbons (Fsp3) is 0.765. The number of hydrogen-bond donors (Lipinski definition) is 1. The smallest absolute Gasteiger partial charge is 0.423 e. The second-order valence-corrected chi connectivity index (χ2v) is 13.1. The highest BCUT2D eigenvalue weighted by atomic mass is 28.4. The molecular formula is C17H33BO3Si. The maximum absolute atomic E-state index is 9.76. The molecule has 0 aromatic carbocycles. The first-order valence-electron chi connectivity index (χ1n) is 8.22. The van der Waals surface area contributed by atoms with Gasteiger partial charge in [-0.25, -0.2) is 0 Å². The van der Waals surface area contributed by atoms with E-state index in [0.717, 1.165) is 6.42 Å². The van der Waals surface area contributed by atoms with Gasteiger partial charge in [-0.15, -0.1) is 0 Å². The zero-order chi connectivity index (χ0) is 17.2. The molecule has 1 heterocycles. The molecule has 1 unspecified atom stereocenters. The van der Waals surface area contributed by atoms with Crippen molar-refractivity contribution in [2.24, 2.45) is 5.41 Å². The predicted molar refractivity (Wildman–Crippen MR) is 97.3 cm³/mol. The Hall–Kier alpha value is -0.358. The first-order valence-corrected chi connectivity index (χ1v) is 11.1. The monoisotopic (exact) mass is 324 g/mol. The van der Waals surface area contributed by atoms with Crippen LogP contribution < -0.4 is 0 Å². The summed E-state index contributed by atoms with van der Waals surface area (Å²) < 4.78 is 12.4. The molecule has 0 bridgehead atoms. The zero-order valence-corrected chi connectivity index (χ0v) is 16.5. The first-order chi connectivity index (χ1) is 9.91. The number of hydrogen-bond acceptors (Lipinski definition) is 3. The zero-order valence-electron chi connectivity index (χ0n) is 15.5. The van der Waals surface area contributed by atoms with Crippen molar-refractivity contribution in [3.8, 4) is 0 Å². The molecule has 1 aliphatic heterocycles. The molecule has 0 fully saturated rings. The molecule has 22 heavy (non-hydrogen) atoms.